The molecule has 0 heterocycles. The van der Waals surface area contributed by atoms with Gasteiger partial charge in [-0.3, -0.25) is 4.79 Å². The fourth-order valence-corrected chi connectivity index (χ4v) is 3.38. The van der Waals surface area contributed by atoms with Gasteiger partial charge >= 0.3 is 0 Å². The molecule has 0 saturated heterocycles. The number of benzene rings is 1. The molecule has 0 aliphatic heterocycles. The summed E-state index contributed by atoms with van der Waals surface area (Å²) in [5.74, 6) is -0.126. The molecule has 4 heteroatoms. The molecule has 0 aromatic heterocycles. The van der Waals surface area contributed by atoms with Gasteiger partial charge in [-0.05, 0) is 49.4 Å². The van der Waals surface area contributed by atoms with E-state index in [-0.39, 0.29) is 23.2 Å². The van der Waals surface area contributed by atoms with Crippen LogP contribution < -0.4 is 5.73 Å². The molecule has 1 aromatic carbocycles. The van der Waals surface area contributed by atoms with Gasteiger partial charge in [0.25, 0.3) is 0 Å². The van der Waals surface area contributed by atoms with Crippen molar-refractivity contribution in [2.24, 2.45) is 11.1 Å². The van der Waals surface area contributed by atoms with Crippen molar-refractivity contribution in [1.29, 1.82) is 0 Å². The van der Waals surface area contributed by atoms with Crippen molar-refractivity contribution in [2.75, 3.05) is 13.6 Å². The molecule has 3 nitrogen and oxygen atoms in total. The second-order valence-corrected chi connectivity index (χ2v) is 6.67. The van der Waals surface area contributed by atoms with Crippen LogP contribution in [0, 0.1) is 11.2 Å². The van der Waals surface area contributed by atoms with Crippen molar-refractivity contribution in [3.63, 3.8) is 0 Å². The smallest absolute Gasteiger partial charge is 0.223 e. The quantitative estimate of drug-likeness (QED) is 0.902. The second-order valence-electron chi connectivity index (χ2n) is 6.67. The molecule has 0 radical (unpaired) electrons. The highest BCUT2D eigenvalue weighted by Crippen LogP contribution is 2.39. The number of carbonyl (C=O) groups excluding carboxylic acids is 1. The van der Waals surface area contributed by atoms with E-state index in [1.807, 2.05) is 14.0 Å². The van der Waals surface area contributed by atoms with Crippen LogP contribution in [0.1, 0.15) is 57.1 Å². The summed E-state index contributed by atoms with van der Waals surface area (Å²) in [6.45, 7) is 2.55. The molecule has 1 aliphatic rings. The first-order chi connectivity index (χ1) is 10.5. The summed E-state index contributed by atoms with van der Waals surface area (Å²) in [6.07, 6.45) is 6.20. The summed E-state index contributed by atoms with van der Waals surface area (Å²) in [7, 11) is 1.82. The van der Waals surface area contributed by atoms with Crippen LogP contribution in [0.3, 0.4) is 0 Å². The lowest BCUT2D eigenvalue weighted by molar-refractivity contribution is -0.134. The maximum Gasteiger partial charge on any atom is 0.223 e. The van der Waals surface area contributed by atoms with Crippen molar-refractivity contribution in [3.8, 4) is 0 Å². The molecule has 0 spiro atoms. The number of hydrogen-bond donors (Lipinski definition) is 1. The molecule has 1 amide bonds. The molecule has 2 N–H and O–H groups in total. The van der Waals surface area contributed by atoms with Gasteiger partial charge in [0.05, 0.1) is 6.04 Å². The fraction of sp³-hybridized carbons (Fsp3) is 0.611. The Morgan fingerprint density at radius 3 is 2.41 bits per heavy atom. The average molecular weight is 306 g/mol. The first kappa shape index (κ1) is 16.9. The van der Waals surface area contributed by atoms with Crippen molar-refractivity contribution in [3.05, 3.63) is 35.6 Å². The summed E-state index contributed by atoms with van der Waals surface area (Å²) in [5, 5.41) is 0. The number of halogens is 1. The van der Waals surface area contributed by atoms with Crippen LogP contribution in [0.2, 0.25) is 0 Å². The number of hydrogen-bond acceptors (Lipinski definition) is 2. The molecular weight excluding hydrogens is 279 g/mol. The number of amides is 1. The largest absolute Gasteiger partial charge is 0.339 e. The first-order valence-electron chi connectivity index (χ1n) is 8.19. The van der Waals surface area contributed by atoms with Crippen LogP contribution in [0.5, 0.6) is 0 Å². The highest BCUT2D eigenvalue weighted by Gasteiger charge is 2.34. The predicted octanol–water partition coefficient (Wildman–Crippen LogP) is 3.64. The SMILES string of the molecule is CC(c1ccc(F)cc1)N(C)C(=O)CC1(CN)CCCCC1. The monoisotopic (exact) mass is 306 g/mol. The molecule has 1 aliphatic carbocycles. The highest BCUT2D eigenvalue weighted by molar-refractivity contribution is 5.77. The Balaban J connectivity index is 2.03. The Hall–Kier alpha value is -1.42. The number of nitrogens with two attached hydrogens (primary N) is 1. The maximum atomic E-state index is 13.0. The van der Waals surface area contributed by atoms with Crippen molar-refractivity contribution in [1.82, 2.24) is 4.90 Å². The first-order valence-corrected chi connectivity index (χ1v) is 8.19. The van der Waals surface area contributed by atoms with Crippen molar-refractivity contribution >= 4 is 5.91 Å². The zero-order chi connectivity index (χ0) is 16.2. The fourth-order valence-electron chi connectivity index (χ4n) is 3.38. The number of carbonyl (C=O) groups is 1. The van der Waals surface area contributed by atoms with Gasteiger partial charge in [-0.1, -0.05) is 31.4 Å². The molecule has 1 aromatic rings. The third-order valence-electron chi connectivity index (χ3n) is 5.20. The van der Waals surface area contributed by atoms with Crippen LogP contribution in [0.15, 0.2) is 24.3 Å². The van der Waals surface area contributed by atoms with E-state index < -0.39 is 0 Å². The van der Waals surface area contributed by atoms with Crippen LogP contribution in [0.4, 0.5) is 4.39 Å². The minimum atomic E-state index is -0.255. The summed E-state index contributed by atoms with van der Waals surface area (Å²) in [5.41, 5.74) is 6.90. The van der Waals surface area contributed by atoms with Crippen LogP contribution >= 0.6 is 0 Å². The summed E-state index contributed by atoms with van der Waals surface area (Å²) >= 11 is 0. The summed E-state index contributed by atoms with van der Waals surface area (Å²) in [4.78, 5) is 14.4. The van der Waals surface area contributed by atoms with Gasteiger partial charge in [-0.25, -0.2) is 4.39 Å². The maximum absolute atomic E-state index is 13.0. The molecule has 1 fully saturated rings. The van der Waals surface area contributed by atoms with E-state index in [1.165, 1.54) is 31.4 Å². The normalized spacial score (nSPS) is 18.7. The predicted molar refractivity (Wildman–Crippen MR) is 86.8 cm³/mol. The van der Waals surface area contributed by atoms with Crippen LogP contribution in [-0.2, 0) is 4.79 Å². The van der Waals surface area contributed by atoms with Crippen LogP contribution in [0.25, 0.3) is 0 Å². The zero-order valence-electron chi connectivity index (χ0n) is 13.6. The number of rotatable bonds is 5. The molecular formula is C18H27FN2O. The molecule has 1 atom stereocenters. The standard InChI is InChI=1S/C18H27FN2O/c1-14(15-6-8-16(19)9-7-15)21(2)17(22)12-18(13-20)10-4-3-5-11-18/h6-9,14H,3-5,10-13,20H2,1-2H3. The Morgan fingerprint density at radius 2 is 1.86 bits per heavy atom. The van der Waals surface area contributed by atoms with Gasteiger partial charge in [-0.2, -0.15) is 0 Å². The summed E-state index contributed by atoms with van der Waals surface area (Å²) in [6, 6.07) is 6.29. The molecule has 22 heavy (non-hydrogen) atoms. The lowest BCUT2D eigenvalue weighted by atomic mass is 9.71. The third-order valence-corrected chi connectivity index (χ3v) is 5.20. The second kappa shape index (κ2) is 7.23. The topological polar surface area (TPSA) is 46.3 Å². The Labute approximate surface area is 132 Å². The van der Waals surface area contributed by atoms with Gasteiger partial charge in [0.2, 0.25) is 5.91 Å². The third kappa shape index (κ3) is 3.86. The van der Waals surface area contributed by atoms with E-state index in [0.717, 1.165) is 18.4 Å². The van der Waals surface area contributed by atoms with Gasteiger partial charge in [-0.15, -0.1) is 0 Å². The lowest BCUT2D eigenvalue weighted by Gasteiger charge is -2.37. The molecule has 1 unspecified atom stereocenters. The molecule has 0 bridgehead atoms. The van der Waals surface area contributed by atoms with E-state index in [2.05, 4.69) is 0 Å². The number of nitrogens with zero attached hydrogens (tertiary/aromatic N) is 1. The van der Waals surface area contributed by atoms with Gasteiger partial charge in [0.15, 0.2) is 0 Å². The highest BCUT2D eigenvalue weighted by atomic mass is 19.1. The Bertz CT molecular complexity index is 494. The van der Waals surface area contributed by atoms with Gasteiger partial charge in [0.1, 0.15) is 5.82 Å². The van der Waals surface area contributed by atoms with Crippen molar-refractivity contribution in [2.45, 2.75) is 51.5 Å². The van der Waals surface area contributed by atoms with E-state index >= 15 is 0 Å². The zero-order valence-corrected chi connectivity index (χ0v) is 13.6. The molecule has 2 rings (SSSR count). The average Bonchev–Trinajstić information content (AvgIpc) is 2.55. The summed E-state index contributed by atoms with van der Waals surface area (Å²) < 4.78 is 13.0. The molecule has 1 saturated carbocycles. The molecule has 122 valence electrons. The van der Waals surface area contributed by atoms with E-state index in [0.29, 0.717) is 13.0 Å². The minimum Gasteiger partial charge on any atom is -0.339 e. The van der Waals surface area contributed by atoms with E-state index in [4.69, 9.17) is 5.73 Å². The van der Waals surface area contributed by atoms with E-state index in [1.54, 1.807) is 17.0 Å². The van der Waals surface area contributed by atoms with Gasteiger partial charge < -0.3 is 10.6 Å². The van der Waals surface area contributed by atoms with Crippen LogP contribution in [-0.4, -0.2) is 24.4 Å². The van der Waals surface area contributed by atoms with E-state index in [9.17, 15) is 9.18 Å². The van der Waals surface area contributed by atoms with Gasteiger partial charge in [0, 0.05) is 13.5 Å². The minimum absolute atomic E-state index is 0.0217. The Morgan fingerprint density at radius 1 is 1.27 bits per heavy atom. The van der Waals surface area contributed by atoms with Crippen molar-refractivity contribution < 1.29 is 9.18 Å². The lowest BCUT2D eigenvalue weighted by Crippen LogP contribution is -2.40. The Kier molecular flexibility index (Phi) is 5.57.